The minimum absolute atomic E-state index is 0.351. The molecule has 0 saturated carbocycles. The Bertz CT molecular complexity index is 338. The molecule has 0 fully saturated rings. The van der Waals surface area contributed by atoms with Crippen LogP contribution in [0, 0.1) is 18.8 Å². The lowest BCUT2D eigenvalue weighted by atomic mass is 10.0. The number of rotatable bonds is 1. The summed E-state index contributed by atoms with van der Waals surface area (Å²) in [7, 11) is 0. The van der Waals surface area contributed by atoms with E-state index in [9.17, 15) is 0 Å². The van der Waals surface area contributed by atoms with Gasteiger partial charge in [0.1, 0.15) is 0 Å². The number of nitrogens with two attached hydrogens (primary N) is 1. The van der Waals surface area contributed by atoms with Crippen LogP contribution in [0.1, 0.15) is 30.7 Å². The Kier molecular flexibility index (Phi) is 3.13. The minimum Gasteiger partial charge on any atom is -0.315 e. The zero-order valence-corrected chi connectivity index (χ0v) is 9.16. The molecule has 2 heteroatoms. The summed E-state index contributed by atoms with van der Waals surface area (Å²) < 4.78 is 0. The number of hydrogen-bond acceptors (Lipinski definition) is 2. The van der Waals surface area contributed by atoms with Crippen molar-refractivity contribution in [3.05, 3.63) is 21.9 Å². The predicted octanol–water partition coefficient (Wildman–Crippen LogP) is 2.54. The molecule has 0 aromatic carbocycles. The van der Waals surface area contributed by atoms with Crippen LogP contribution in [-0.2, 0) is 0 Å². The number of hydrogen-bond donors (Lipinski definition) is 1. The van der Waals surface area contributed by atoms with Crippen LogP contribution in [0.4, 0.5) is 0 Å². The summed E-state index contributed by atoms with van der Waals surface area (Å²) in [4.78, 5) is 1.29. The number of thiophene rings is 1. The first-order chi connectivity index (χ1) is 6.03. The van der Waals surface area contributed by atoms with Crippen LogP contribution >= 0.6 is 11.3 Å². The van der Waals surface area contributed by atoms with E-state index in [-0.39, 0.29) is 5.54 Å². The lowest BCUT2D eigenvalue weighted by Crippen LogP contribution is -2.32. The van der Waals surface area contributed by atoms with Crippen molar-refractivity contribution in [1.82, 2.24) is 0 Å². The Labute approximate surface area is 84.0 Å². The molecular weight excluding hydrogens is 178 g/mol. The summed E-state index contributed by atoms with van der Waals surface area (Å²) in [5.41, 5.74) is 6.63. The van der Waals surface area contributed by atoms with Crippen LogP contribution in [0.2, 0.25) is 0 Å². The first-order valence-electron chi connectivity index (χ1n) is 4.41. The fraction of sp³-hybridized carbons (Fsp3) is 0.455. The Hall–Kier alpha value is -0.780. The molecule has 13 heavy (non-hydrogen) atoms. The summed E-state index contributed by atoms with van der Waals surface area (Å²) in [5, 5.41) is 2.06. The lowest BCUT2D eigenvalue weighted by molar-refractivity contribution is 0.586. The summed E-state index contributed by atoms with van der Waals surface area (Å²) in [6.45, 7) is 6.09. The highest BCUT2D eigenvalue weighted by Crippen LogP contribution is 2.12. The predicted molar refractivity (Wildman–Crippen MR) is 58.8 cm³/mol. The molecular formula is C11H15NS. The molecule has 1 aromatic heterocycles. The van der Waals surface area contributed by atoms with Gasteiger partial charge in [0, 0.05) is 15.8 Å². The van der Waals surface area contributed by atoms with E-state index >= 15 is 0 Å². The van der Waals surface area contributed by atoms with Crippen molar-refractivity contribution >= 4 is 11.3 Å². The van der Waals surface area contributed by atoms with E-state index in [4.69, 9.17) is 5.73 Å². The molecule has 0 aliphatic rings. The van der Waals surface area contributed by atoms with Gasteiger partial charge in [-0.15, -0.1) is 11.3 Å². The largest absolute Gasteiger partial charge is 0.315 e. The highest BCUT2D eigenvalue weighted by atomic mass is 32.1. The van der Waals surface area contributed by atoms with Crippen LogP contribution in [0.5, 0.6) is 0 Å². The Balaban J connectivity index is 2.78. The zero-order chi connectivity index (χ0) is 9.90. The summed E-state index contributed by atoms with van der Waals surface area (Å²) >= 11 is 1.72. The van der Waals surface area contributed by atoms with E-state index in [2.05, 4.69) is 30.2 Å². The van der Waals surface area contributed by atoms with E-state index in [0.29, 0.717) is 0 Å². The van der Waals surface area contributed by atoms with Crippen LogP contribution in [0.3, 0.4) is 0 Å². The van der Waals surface area contributed by atoms with Gasteiger partial charge in [-0.1, -0.05) is 18.8 Å². The molecule has 0 aliphatic carbocycles. The summed E-state index contributed by atoms with van der Waals surface area (Å²) in [6.07, 6.45) is 0.878. The first-order valence-corrected chi connectivity index (χ1v) is 5.28. The van der Waals surface area contributed by atoms with Gasteiger partial charge in [0.2, 0.25) is 0 Å². The standard InChI is InChI=1S/C11H15NS/c1-4-11(3,12)6-5-10-7-9(2)13-8-10/h7-8H,4,12H2,1-3H3. The fourth-order valence-corrected chi connectivity index (χ4v) is 1.45. The third kappa shape index (κ3) is 3.22. The van der Waals surface area contributed by atoms with Crippen molar-refractivity contribution in [2.75, 3.05) is 0 Å². The van der Waals surface area contributed by atoms with Gasteiger partial charge in [0.25, 0.3) is 0 Å². The van der Waals surface area contributed by atoms with Crippen molar-refractivity contribution in [2.45, 2.75) is 32.7 Å². The Morgan fingerprint density at radius 3 is 2.77 bits per heavy atom. The van der Waals surface area contributed by atoms with Gasteiger partial charge in [0.15, 0.2) is 0 Å². The van der Waals surface area contributed by atoms with Crippen molar-refractivity contribution < 1.29 is 0 Å². The van der Waals surface area contributed by atoms with Gasteiger partial charge in [-0.3, -0.25) is 0 Å². The van der Waals surface area contributed by atoms with Gasteiger partial charge in [0.05, 0.1) is 5.54 Å². The SMILES string of the molecule is CCC(C)(N)C#Cc1csc(C)c1. The second-order valence-electron chi connectivity index (χ2n) is 3.47. The summed E-state index contributed by atoms with van der Waals surface area (Å²) in [6, 6.07) is 2.09. The minimum atomic E-state index is -0.351. The van der Waals surface area contributed by atoms with E-state index in [1.807, 2.05) is 13.8 Å². The van der Waals surface area contributed by atoms with Crippen molar-refractivity contribution in [3.8, 4) is 11.8 Å². The van der Waals surface area contributed by atoms with Gasteiger partial charge in [-0.2, -0.15) is 0 Å². The molecule has 1 nitrogen and oxygen atoms in total. The first kappa shape index (κ1) is 10.3. The van der Waals surface area contributed by atoms with E-state index in [1.165, 1.54) is 4.88 Å². The van der Waals surface area contributed by atoms with Crippen LogP contribution in [-0.4, -0.2) is 5.54 Å². The molecule has 2 N–H and O–H groups in total. The zero-order valence-electron chi connectivity index (χ0n) is 8.35. The van der Waals surface area contributed by atoms with Gasteiger partial charge < -0.3 is 5.73 Å². The maximum atomic E-state index is 5.90. The third-order valence-electron chi connectivity index (χ3n) is 1.96. The van der Waals surface area contributed by atoms with Gasteiger partial charge in [-0.25, -0.2) is 0 Å². The number of aryl methyl sites for hydroxylation is 1. The second kappa shape index (κ2) is 3.95. The molecule has 1 aromatic rings. The Morgan fingerprint density at radius 2 is 2.31 bits per heavy atom. The second-order valence-corrected chi connectivity index (χ2v) is 4.58. The topological polar surface area (TPSA) is 26.0 Å². The Morgan fingerprint density at radius 1 is 1.62 bits per heavy atom. The highest BCUT2D eigenvalue weighted by molar-refractivity contribution is 7.10. The molecule has 1 heterocycles. The molecule has 0 aliphatic heterocycles. The molecule has 1 unspecified atom stereocenters. The lowest BCUT2D eigenvalue weighted by Gasteiger charge is -2.13. The average molecular weight is 193 g/mol. The molecule has 0 spiro atoms. The van der Waals surface area contributed by atoms with Crippen LogP contribution in [0.15, 0.2) is 11.4 Å². The maximum absolute atomic E-state index is 5.90. The monoisotopic (exact) mass is 193 g/mol. The molecule has 0 amide bonds. The van der Waals surface area contributed by atoms with E-state index in [0.717, 1.165) is 12.0 Å². The van der Waals surface area contributed by atoms with Crippen molar-refractivity contribution in [3.63, 3.8) is 0 Å². The third-order valence-corrected chi connectivity index (χ3v) is 2.82. The highest BCUT2D eigenvalue weighted by Gasteiger charge is 2.09. The summed E-state index contributed by atoms with van der Waals surface area (Å²) in [5.74, 6) is 6.16. The fourth-order valence-electron chi connectivity index (χ4n) is 0.812. The van der Waals surface area contributed by atoms with Crippen LogP contribution < -0.4 is 5.73 Å². The van der Waals surface area contributed by atoms with Gasteiger partial charge in [-0.05, 0) is 26.3 Å². The molecule has 1 rings (SSSR count). The molecule has 1 atom stereocenters. The quantitative estimate of drug-likeness (QED) is 0.681. The average Bonchev–Trinajstić information content (AvgIpc) is 2.48. The van der Waals surface area contributed by atoms with Gasteiger partial charge >= 0.3 is 0 Å². The van der Waals surface area contributed by atoms with E-state index in [1.54, 1.807) is 11.3 Å². The molecule has 0 bridgehead atoms. The van der Waals surface area contributed by atoms with Crippen LogP contribution in [0.25, 0.3) is 0 Å². The molecule has 70 valence electrons. The maximum Gasteiger partial charge on any atom is 0.0748 e. The molecule has 0 saturated heterocycles. The smallest absolute Gasteiger partial charge is 0.0748 e. The molecule has 0 radical (unpaired) electrons. The van der Waals surface area contributed by atoms with Crippen molar-refractivity contribution in [2.24, 2.45) is 5.73 Å². The normalized spacial score (nSPS) is 14.5. The van der Waals surface area contributed by atoms with E-state index < -0.39 is 0 Å². The van der Waals surface area contributed by atoms with Crippen molar-refractivity contribution in [1.29, 1.82) is 0 Å².